The van der Waals surface area contributed by atoms with Gasteiger partial charge in [0.1, 0.15) is 5.82 Å². The fraction of sp³-hybridized carbons (Fsp3) is 0.250. The van der Waals surface area contributed by atoms with Gasteiger partial charge in [0.25, 0.3) is 0 Å². The minimum atomic E-state index is -0.401. The Morgan fingerprint density at radius 3 is 2.55 bits per heavy atom. The van der Waals surface area contributed by atoms with Gasteiger partial charge in [0.05, 0.1) is 5.02 Å². The van der Waals surface area contributed by atoms with Crippen LogP contribution in [-0.2, 0) is 5.88 Å². The Morgan fingerprint density at radius 1 is 1.45 bits per heavy atom. The first-order chi connectivity index (χ1) is 5.15. The molecule has 0 fully saturated rings. The Kier molecular flexibility index (Phi) is 2.74. The van der Waals surface area contributed by atoms with Crippen LogP contribution in [0.25, 0.3) is 0 Å². The highest BCUT2D eigenvalue weighted by atomic mass is 35.5. The van der Waals surface area contributed by atoms with Crippen molar-refractivity contribution < 1.29 is 4.39 Å². The highest BCUT2D eigenvalue weighted by molar-refractivity contribution is 6.31. The molecule has 0 bridgehead atoms. The van der Waals surface area contributed by atoms with E-state index in [0.29, 0.717) is 5.88 Å². The molecule has 0 N–H and O–H groups in total. The van der Waals surface area contributed by atoms with E-state index in [4.69, 9.17) is 23.2 Å². The number of hydrogen-bond donors (Lipinski definition) is 0. The van der Waals surface area contributed by atoms with Crippen molar-refractivity contribution in [2.45, 2.75) is 12.8 Å². The van der Waals surface area contributed by atoms with Gasteiger partial charge < -0.3 is 0 Å². The maximum Gasteiger partial charge on any atom is 0.142 e. The number of rotatable bonds is 1. The number of benzene rings is 1. The molecule has 0 aliphatic heterocycles. The Bertz CT molecular complexity index is 248. The summed E-state index contributed by atoms with van der Waals surface area (Å²) in [6.45, 7) is 1.75. The smallest absolute Gasteiger partial charge is 0.142 e. The molecular formula is C8H7Cl2F. The number of alkyl halides is 1. The molecule has 1 rings (SSSR count). The maximum absolute atomic E-state index is 12.8. The molecule has 0 amide bonds. The van der Waals surface area contributed by atoms with Gasteiger partial charge in [-0.15, -0.1) is 11.6 Å². The zero-order chi connectivity index (χ0) is 8.43. The largest absolute Gasteiger partial charge is 0.205 e. The van der Waals surface area contributed by atoms with Crippen LogP contribution in [0.3, 0.4) is 0 Å². The van der Waals surface area contributed by atoms with Crippen molar-refractivity contribution in [3.63, 3.8) is 0 Å². The van der Waals surface area contributed by atoms with Gasteiger partial charge in [-0.25, -0.2) is 4.39 Å². The van der Waals surface area contributed by atoms with Crippen molar-refractivity contribution in [3.8, 4) is 0 Å². The second-order valence-electron chi connectivity index (χ2n) is 2.34. The van der Waals surface area contributed by atoms with Gasteiger partial charge in [0.2, 0.25) is 0 Å². The summed E-state index contributed by atoms with van der Waals surface area (Å²) >= 11 is 11.1. The molecule has 0 spiro atoms. The summed E-state index contributed by atoms with van der Waals surface area (Å²) < 4.78 is 12.8. The normalized spacial score (nSPS) is 10.2. The van der Waals surface area contributed by atoms with Crippen molar-refractivity contribution in [3.05, 3.63) is 34.1 Å². The summed E-state index contributed by atoms with van der Waals surface area (Å²) in [7, 11) is 0. The first-order valence-corrected chi connectivity index (χ1v) is 4.07. The summed E-state index contributed by atoms with van der Waals surface area (Å²) in [5.74, 6) is -0.0862. The van der Waals surface area contributed by atoms with Crippen LogP contribution >= 0.6 is 23.2 Å². The molecule has 11 heavy (non-hydrogen) atoms. The Labute approximate surface area is 74.9 Å². The SMILES string of the molecule is Cc1cc(CCl)cc(F)c1Cl. The van der Waals surface area contributed by atoms with Crippen LogP contribution in [-0.4, -0.2) is 0 Å². The predicted octanol–water partition coefficient (Wildman–Crippen LogP) is 3.53. The lowest BCUT2D eigenvalue weighted by Gasteiger charge is -2.01. The highest BCUT2D eigenvalue weighted by Crippen LogP contribution is 2.21. The van der Waals surface area contributed by atoms with Gasteiger partial charge >= 0.3 is 0 Å². The molecule has 0 atom stereocenters. The molecule has 0 heterocycles. The lowest BCUT2D eigenvalue weighted by molar-refractivity contribution is 0.625. The number of aryl methyl sites for hydroxylation is 1. The van der Waals surface area contributed by atoms with E-state index >= 15 is 0 Å². The third kappa shape index (κ3) is 1.85. The van der Waals surface area contributed by atoms with Gasteiger partial charge in [0.15, 0.2) is 0 Å². The van der Waals surface area contributed by atoms with Gasteiger partial charge in [-0.2, -0.15) is 0 Å². The topological polar surface area (TPSA) is 0 Å². The van der Waals surface area contributed by atoms with Gasteiger partial charge in [-0.05, 0) is 24.1 Å². The lowest BCUT2D eigenvalue weighted by Crippen LogP contribution is -1.86. The van der Waals surface area contributed by atoms with Crippen molar-refractivity contribution in [1.82, 2.24) is 0 Å². The lowest BCUT2D eigenvalue weighted by atomic mass is 10.1. The zero-order valence-corrected chi connectivity index (χ0v) is 7.51. The van der Waals surface area contributed by atoms with Crippen LogP contribution in [0.2, 0.25) is 5.02 Å². The molecule has 0 aliphatic rings. The molecule has 3 heteroatoms. The van der Waals surface area contributed by atoms with Gasteiger partial charge in [0, 0.05) is 5.88 Å². The van der Waals surface area contributed by atoms with Crippen molar-refractivity contribution in [2.75, 3.05) is 0 Å². The van der Waals surface area contributed by atoms with Gasteiger partial charge in [-0.1, -0.05) is 17.7 Å². The minimum Gasteiger partial charge on any atom is -0.205 e. The number of halogens is 3. The second-order valence-corrected chi connectivity index (χ2v) is 2.99. The van der Waals surface area contributed by atoms with E-state index in [1.807, 2.05) is 0 Å². The molecule has 0 saturated carbocycles. The highest BCUT2D eigenvalue weighted by Gasteiger charge is 2.04. The molecule has 0 nitrogen and oxygen atoms in total. The quantitative estimate of drug-likeness (QED) is 0.598. The number of hydrogen-bond acceptors (Lipinski definition) is 0. The summed E-state index contributed by atoms with van der Waals surface area (Å²) in [5.41, 5.74) is 1.48. The molecule has 1 aromatic carbocycles. The molecule has 60 valence electrons. The molecule has 0 aliphatic carbocycles. The third-order valence-corrected chi connectivity index (χ3v) is 2.21. The molecule has 0 saturated heterocycles. The van der Waals surface area contributed by atoms with Crippen molar-refractivity contribution in [1.29, 1.82) is 0 Å². The molecular weight excluding hydrogens is 186 g/mol. The Morgan fingerprint density at radius 2 is 2.09 bits per heavy atom. The van der Waals surface area contributed by atoms with E-state index in [9.17, 15) is 4.39 Å². The summed E-state index contributed by atoms with van der Waals surface area (Å²) in [5, 5.41) is 0.180. The first kappa shape index (κ1) is 8.82. The monoisotopic (exact) mass is 192 g/mol. The molecule has 0 radical (unpaired) electrons. The third-order valence-electron chi connectivity index (χ3n) is 1.42. The average Bonchev–Trinajstić information content (AvgIpc) is 1.99. The first-order valence-electron chi connectivity index (χ1n) is 3.15. The summed E-state index contributed by atoms with van der Waals surface area (Å²) in [4.78, 5) is 0. The fourth-order valence-corrected chi connectivity index (χ4v) is 1.14. The predicted molar refractivity (Wildman–Crippen MR) is 45.7 cm³/mol. The van der Waals surface area contributed by atoms with Crippen LogP contribution in [0.5, 0.6) is 0 Å². The molecule has 0 unspecified atom stereocenters. The van der Waals surface area contributed by atoms with E-state index in [1.165, 1.54) is 6.07 Å². The Hall–Kier alpha value is -0.270. The maximum atomic E-state index is 12.8. The van der Waals surface area contributed by atoms with E-state index in [1.54, 1.807) is 13.0 Å². The van der Waals surface area contributed by atoms with Gasteiger partial charge in [-0.3, -0.25) is 0 Å². The van der Waals surface area contributed by atoms with Crippen LogP contribution in [0.4, 0.5) is 4.39 Å². The van der Waals surface area contributed by atoms with E-state index in [-0.39, 0.29) is 5.02 Å². The van der Waals surface area contributed by atoms with Crippen molar-refractivity contribution >= 4 is 23.2 Å². The van der Waals surface area contributed by atoms with Crippen LogP contribution < -0.4 is 0 Å². The second kappa shape index (κ2) is 3.42. The molecule has 0 aromatic heterocycles. The van der Waals surface area contributed by atoms with Crippen molar-refractivity contribution in [2.24, 2.45) is 0 Å². The van der Waals surface area contributed by atoms with E-state index in [2.05, 4.69) is 0 Å². The summed E-state index contributed by atoms with van der Waals surface area (Å²) in [6, 6.07) is 3.13. The Balaban J connectivity index is 3.21. The standard InChI is InChI=1S/C8H7Cl2F/c1-5-2-6(4-9)3-7(11)8(5)10/h2-3H,4H2,1H3. The van der Waals surface area contributed by atoms with E-state index in [0.717, 1.165) is 11.1 Å². The zero-order valence-electron chi connectivity index (χ0n) is 6.00. The molecule has 1 aromatic rings. The van der Waals surface area contributed by atoms with Crippen LogP contribution in [0.1, 0.15) is 11.1 Å². The van der Waals surface area contributed by atoms with Crippen LogP contribution in [0, 0.1) is 12.7 Å². The van der Waals surface area contributed by atoms with Crippen LogP contribution in [0.15, 0.2) is 12.1 Å². The minimum absolute atomic E-state index is 0.180. The summed E-state index contributed by atoms with van der Waals surface area (Å²) in [6.07, 6.45) is 0. The fourth-order valence-electron chi connectivity index (χ4n) is 0.875. The van der Waals surface area contributed by atoms with E-state index < -0.39 is 5.82 Å². The average molecular weight is 193 g/mol.